The molecule has 2 aromatic heterocycles. The lowest BCUT2D eigenvalue weighted by molar-refractivity contribution is 0.103. The second-order valence-corrected chi connectivity index (χ2v) is 4.75. The molecule has 0 atom stereocenters. The van der Waals surface area contributed by atoms with E-state index in [0.29, 0.717) is 15.8 Å². The smallest absolute Gasteiger partial charge is 0.252 e. The number of phenolic OH excluding ortho intramolecular Hbond substituents is 1. The summed E-state index contributed by atoms with van der Waals surface area (Å²) in [7, 11) is 0. The lowest BCUT2D eigenvalue weighted by Gasteiger charge is -2.04. The molecule has 0 amide bonds. The average Bonchev–Trinajstić information content (AvgIpc) is 2.88. The van der Waals surface area contributed by atoms with Gasteiger partial charge in [0.15, 0.2) is 5.78 Å². The molecule has 3 aromatic rings. The number of rotatable bonds is 2. The fourth-order valence-corrected chi connectivity index (χ4v) is 2.04. The number of phenols is 1. The van der Waals surface area contributed by atoms with Gasteiger partial charge in [0.2, 0.25) is 0 Å². The first-order valence-corrected chi connectivity index (χ1v) is 6.13. The summed E-state index contributed by atoms with van der Waals surface area (Å²) in [5.74, 6) is 0.00519. The zero-order valence-corrected chi connectivity index (χ0v) is 11.1. The molecule has 0 unspecified atom stereocenters. The molecular weight excluding hydrogens is 312 g/mol. The fourth-order valence-electron chi connectivity index (χ4n) is 1.68. The Morgan fingerprint density at radius 2 is 2.16 bits per heavy atom. The molecular formula is C12H7BrN4O2. The maximum absolute atomic E-state index is 12.3. The normalized spacial score (nSPS) is 10.8. The Morgan fingerprint density at radius 3 is 3.00 bits per heavy atom. The summed E-state index contributed by atoms with van der Waals surface area (Å²) >= 11 is 3.26. The molecule has 7 heteroatoms. The lowest BCUT2D eigenvalue weighted by Crippen LogP contribution is -2.05. The van der Waals surface area contributed by atoms with E-state index in [1.54, 1.807) is 12.1 Å². The molecule has 94 valence electrons. The van der Waals surface area contributed by atoms with Gasteiger partial charge in [-0.1, -0.05) is 15.9 Å². The van der Waals surface area contributed by atoms with E-state index < -0.39 is 0 Å². The molecule has 0 aliphatic heterocycles. The highest BCUT2D eigenvalue weighted by Crippen LogP contribution is 2.24. The van der Waals surface area contributed by atoms with Crippen LogP contribution in [0.15, 0.2) is 41.4 Å². The number of carbonyl (C=O) groups excluding carboxylic acids is 1. The highest BCUT2D eigenvalue weighted by atomic mass is 79.9. The minimum atomic E-state index is -0.330. The van der Waals surface area contributed by atoms with Crippen molar-refractivity contribution in [3.8, 4) is 5.75 Å². The zero-order chi connectivity index (χ0) is 13.4. The molecule has 1 N–H and O–H groups in total. The highest BCUT2D eigenvalue weighted by molar-refractivity contribution is 9.10. The van der Waals surface area contributed by atoms with Crippen LogP contribution in [-0.4, -0.2) is 30.5 Å². The second kappa shape index (κ2) is 4.43. The number of aromatic hydroxyl groups is 1. The van der Waals surface area contributed by atoms with E-state index >= 15 is 0 Å². The van der Waals surface area contributed by atoms with Crippen LogP contribution in [0.25, 0.3) is 5.78 Å². The van der Waals surface area contributed by atoms with Crippen LogP contribution >= 0.6 is 15.9 Å². The topological polar surface area (TPSA) is 80.4 Å². The molecule has 0 radical (unpaired) electrons. The van der Waals surface area contributed by atoms with Gasteiger partial charge in [0, 0.05) is 16.9 Å². The first kappa shape index (κ1) is 11.8. The van der Waals surface area contributed by atoms with Crippen LogP contribution in [-0.2, 0) is 0 Å². The maximum atomic E-state index is 12.3. The van der Waals surface area contributed by atoms with Crippen molar-refractivity contribution in [2.24, 2.45) is 0 Å². The van der Waals surface area contributed by atoms with Crippen molar-refractivity contribution in [1.29, 1.82) is 0 Å². The van der Waals surface area contributed by atoms with E-state index in [2.05, 4.69) is 31.0 Å². The van der Waals surface area contributed by atoms with Gasteiger partial charge in [-0.25, -0.2) is 9.50 Å². The van der Waals surface area contributed by atoms with Crippen molar-refractivity contribution in [3.63, 3.8) is 0 Å². The Morgan fingerprint density at radius 1 is 1.32 bits per heavy atom. The minimum Gasteiger partial charge on any atom is -0.507 e. The highest BCUT2D eigenvalue weighted by Gasteiger charge is 2.15. The molecule has 19 heavy (non-hydrogen) atoms. The summed E-state index contributed by atoms with van der Waals surface area (Å²) < 4.78 is 2.12. The monoisotopic (exact) mass is 318 g/mol. The van der Waals surface area contributed by atoms with Crippen LogP contribution in [0.3, 0.4) is 0 Å². The third kappa shape index (κ3) is 2.08. The van der Waals surface area contributed by atoms with Gasteiger partial charge in [0.05, 0.1) is 11.1 Å². The molecule has 1 aromatic carbocycles. The standard InChI is InChI=1S/C12H7BrN4O2/c13-8-1-2-10(18)9(3-8)11(19)7-4-14-12-15-6-16-17(12)5-7/h1-6,18H. The van der Waals surface area contributed by atoms with E-state index in [-0.39, 0.29) is 17.1 Å². The van der Waals surface area contributed by atoms with E-state index in [0.717, 1.165) is 0 Å². The Labute approximate surface area is 115 Å². The number of carbonyl (C=O) groups is 1. The van der Waals surface area contributed by atoms with Crippen molar-refractivity contribution in [2.45, 2.75) is 0 Å². The fraction of sp³-hybridized carbons (Fsp3) is 0. The molecule has 3 rings (SSSR count). The Hall–Kier alpha value is -2.28. The van der Waals surface area contributed by atoms with E-state index in [4.69, 9.17) is 0 Å². The van der Waals surface area contributed by atoms with Crippen LogP contribution in [0.2, 0.25) is 0 Å². The lowest BCUT2D eigenvalue weighted by atomic mass is 10.1. The number of ketones is 1. The largest absolute Gasteiger partial charge is 0.507 e. The van der Waals surface area contributed by atoms with Gasteiger partial charge in [0.1, 0.15) is 12.1 Å². The molecule has 0 aliphatic rings. The van der Waals surface area contributed by atoms with Crippen LogP contribution < -0.4 is 0 Å². The molecule has 0 aliphatic carbocycles. The maximum Gasteiger partial charge on any atom is 0.252 e. The summed E-state index contributed by atoms with van der Waals surface area (Å²) in [6.07, 6.45) is 4.29. The SMILES string of the molecule is O=C(c1cnc2ncnn2c1)c1cc(Br)ccc1O. The summed E-state index contributed by atoms with van der Waals surface area (Å²) in [6.45, 7) is 0. The van der Waals surface area contributed by atoms with Crippen molar-refractivity contribution >= 4 is 27.5 Å². The van der Waals surface area contributed by atoms with Gasteiger partial charge in [-0.2, -0.15) is 10.1 Å². The third-order valence-corrected chi connectivity index (χ3v) is 3.09. The minimum absolute atomic E-state index is 0.0770. The molecule has 0 bridgehead atoms. The molecule has 0 saturated heterocycles. The predicted molar refractivity (Wildman–Crippen MR) is 70.0 cm³/mol. The van der Waals surface area contributed by atoms with Crippen molar-refractivity contribution in [3.05, 3.63) is 52.5 Å². The molecule has 0 fully saturated rings. The van der Waals surface area contributed by atoms with E-state index in [1.807, 2.05) is 0 Å². The number of hydrogen-bond acceptors (Lipinski definition) is 5. The molecule has 2 heterocycles. The number of fused-ring (bicyclic) bond motifs is 1. The molecule has 0 saturated carbocycles. The van der Waals surface area contributed by atoms with Crippen molar-refractivity contribution in [2.75, 3.05) is 0 Å². The summed E-state index contributed by atoms with van der Waals surface area (Å²) in [5, 5.41) is 13.7. The van der Waals surface area contributed by atoms with Gasteiger partial charge < -0.3 is 5.11 Å². The van der Waals surface area contributed by atoms with Crippen LogP contribution in [0.4, 0.5) is 0 Å². The zero-order valence-electron chi connectivity index (χ0n) is 9.49. The van der Waals surface area contributed by atoms with Gasteiger partial charge >= 0.3 is 0 Å². The quantitative estimate of drug-likeness (QED) is 0.729. The van der Waals surface area contributed by atoms with Crippen LogP contribution in [0, 0.1) is 0 Å². The molecule has 0 spiro atoms. The van der Waals surface area contributed by atoms with Gasteiger partial charge in [-0.3, -0.25) is 4.79 Å². The third-order valence-electron chi connectivity index (χ3n) is 2.60. The number of aromatic nitrogens is 4. The van der Waals surface area contributed by atoms with Gasteiger partial charge in [0.25, 0.3) is 5.78 Å². The van der Waals surface area contributed by atoms with Crippen LogP contribution in [0.5, 0.6) is 5.75 Å². The Kier molecular flexibility index (Phi) is 2.75. The Balaban J connectivity index is 2.09. The predicted octanol–water partition coefficient (Wildman–Crippen LogP) is 1.82. The second-order valence-electron chi connectivity index (χ2n) is 3.84. The average molecular weight is 319 g/mol. The number of nitrogens with zero attached hydrogens (tertiary/aromatic N) is 4. The summed E-state index contributed by atoms with van der Waals surface area (Å²) in [5.41, 5.74) is 0.530. The first-order valence-electron chi connectivity index (χ1n) is 5.34. The Bertz CT molecular complexity index is 784. The van der Waals surface area contributed by atoms with Crippen molar-refractivity contribution in [1.82, 2.24) is 19.6 Å². The number of halogens is 1. The van der Waals surface area contributed by atoms with Crippen molar-refractivity contribution < 1.29 is 9.90 Å². The number of benzene rings is 1. The number of hydrogen-bond donors (Lipinski definition) is 1. The summed E-state index contributed by atoms with van der Waals surface area (Å²) in [4.78, 5) is 20.2. The van der Waals surface area contributed by atoms with Crippen LogP contribution in [0.1, 0.15) is 15.9 Å². The summed E-state index contributed by atoms with van der Waals surface area (Å²) in [6, 6.07) is 4.67. The first-order chi connectivity index (χ1) is 9.15. The van der Waals surface area contributed by atoms with E-state index in [9.17, 15) is 9.90 Å². The van der Waals surface area contributed by atoms with E-state index in [1.165, 1.54) is 29.3 Å². The van der Waals surface area contributed by atoms with Gasteiger partial charge in [-0.15, -0.1) is 0 Å². The van der Waals surface area contributed by atoms with Gasteiger partial charge in [-0.05, 0) is 18.2 Å². The molecule has 6 nitrogen and oxygen atoms in total.